The van der Waals surface area contributed by atoms with Crippen LogP contribution in [0.3, 0.4) is 0 Å². The Morgan fingerprint density at radius 3 is 2.55 bits per heavy atom. The van der Waals surface area contributed by atoms with Crippen molar-refractivity contribution < 1.29 is 9.47 Å². The average Bonchev–Trinajstić information content (AvgIpc) is 2.49. The Labute approximate surface area is 122 Å². The molecule has 20 heavy (non-hydrogen) atoms. The minimum atomic E-state index is 0.698. The van der Waals surface area contributed by atoms with Crippen LogP contribution in [0.2, 0.25) is 0 Å². The van der Waals surface area contributed by atoms with Gasteiger partial charge in [-0.3, -0.25) is 0 Å². The number of ether oxygens (including phenoxy) is 2. The Morgan fingerprint density at radius 2 is 1.85 bits per heavy atom. The number of hydrogen-bond donors (Lipinski definition) is 1. The summed E-state index contributed by atoms with van der Waals surface area (Å²) in [6.45, 7) is 3.40. The quantitative estimate of drug-likeness (QED) is 0.864. The Balaban J connectivity index is 1.84. The van der Waals surface area contributed by atoms with Gasteiger partial charge in [-0.1, -0.05) is 25.8 Å². The fraction of sp³-hybridized carbons (Fsp3) is 0.647. The number of rotatable bonds is 6. The van der Waals surface area contributed by atoms with E-state index in [0.29, 0.717) is 6.04 Å². The SMILES string of the molecule is COc1ccc(CCN[C@@H]2CCCC[C@H]2C)cc1OC. The number of hydrogen-bond acceptors (Lipinski definition) is 3. The van der Waals surface area contributed by atoms with Crippen LogP contribution >= 0.6 is 0 Å². The standard InChI is InChI=1S/C17H27NO2/c1-13-6-4-5-7-15(13)18-11-10-14-8-9-16(19-2)17(12-14)20-3/h8-9,12-13,15,18H,4-7,10-11H2,1-3H3/t13-,15-/m1/s1. The summed E-state index contributed by atoms with van der Waals surface area (Å²) in [5.41, 5.74) is 1.29. The summed E-state index contributed by atoms with van der Waals surface area (Å²) in [4.78, 5) is 0. The highest BCUT2D eigenvalue weighted by Gasteiger charge is 2.20. The minimum absolute atomic E-state index is 0.698. The molecule has 0 saturated heterocycles. The molecule has 0 amide bonds. The molecule has 1 aromatic carbocycles. The summed E-state index contributed by atoms with van der Waals surface area (Å²) < 4.78 is 10.6. The highest BCUT2D eigenvalue weighted by molar-refractivity contribution is 5.42. The molecule has 3 heteroatoms. The lowest BCUT2D eigenvalue weighted by atomic mass is 9.86. The highest BCUT2D eigenvalue weighted by atomic mass is 16.5. The molecular formula is C17H27NO2. The molecule has 1 N–H and O–H groups in total. The van der Waals surface area contributed by atoms with E-state index in [2.05, 4.69) is 24.4 Å². The minimum Gasteiger partial charge on any atom is -0.493 e. The zero-order valence-electron chi connectivity index (χ0n) is 12.9. The molecular weight excluding hydrogens is 250 g/mol. The molecule has 1 saturated carbocycles. The van der Waals surface area contributed by atoms with E-state index in [1.807, 2.05) is 6.07 Å². The van der Waals surface area contributed by atoms with Gasteiger partial charge in [0.05, 0.1) is 14.2 Å². The van der Waals surface area contributed by atoms with Crippen molar-refractivity contribution in [1.29, 1.82) is 0 Å². The van der Waals surface area contributed by atoms with Crippen LogP contribution < -0.4 is 14.8 Å². The molecule has 0 aromatic heterocycles. The maximum absolute atomic E-state index is 5.34. The molecule has 0 heterocycles. The fourth-order valence-electron chi connectivity index (χ4n) is 3.06. The zero-order chi connectivity index (χ0) is 14.4. The number of nitrogens with one attached hydrogen (secondary N) is 1. The van der Waals surface area contributed by atoms with Crippen LogP contribution in [0, 0.1) is 5.92 Å². The zero-order valence-corrected chi connectivity index (χ0v) is 12.9. The summed E-state index contributed by atoms with van der Waals surface area (Å²) in [5.74, 6) is 2.43. The van der Waals surface area contributed by atoms with E-state index in [0.717, 1.165) is 30.4 Å². The van der Waals surface area contributed by atoms with E-state index >= 15 is 0 Å². The largest absolute Gasteiger partial charge is 0.493 e. The van der Waals surface area contributed by atoms with E-state index in [4.69, 9.17) is 9.47 Å². The van der Waals surface area contributed by atoms with E-state index < -0.39 is 0 Å². The predicted octanol–water partition coefficient (Wildman–Crippen LogP) is 3.41. The van der Waals surface area contributed by atoms with Gasteiger partial charge in [-0.15, -0.1) is 0 Å². The van der Waals surface area contributed by atoms with E-state index in [1.165, 1.54) is 31.2 Å². The van der Waals surface area contributed by atoms with Gasteiger partial charge in [-0.25, -0.2) is 0 Å². The molecule has 1 aliphatic rings. The van der Waals surface area contributed by atoms with Gasteiger partial charge in [0, 0.05) is 6.04 Å². The van der Waals surface area contributed by atoms with Crippen LogP contribution in [0.15, 0.2) is 18.2 Å². The lowest BCUT2D eigenvalue weighted by Crippen LogP contribution is -2.38. The molecule has 2 atom stereocenters. The van der Waals surface area contributed by atoms with Crippen molar-refractivity contribution in [2.45, 2.75) is 45.1 Å². The summed E-state index contributed by atoms with van der Waals surface area (Å²) >= 11 is 0. The second-order valence-electron chi connectivity index (χ2n) is 5.76. The number of methoxy groups -OCH3 is 2. The third-order valence-corrected chi connectivity index (χ3v) is 4.38. The van der Waals surface area contributed by atoms with Crippen molar-refractivity contribution in [2.24, 2.45) is 5.92 Å². The molecule has 1 aliphatic carbocycles. The van der Waals surface area contributed by atoms with Crippen LogP contribution in [0.5, 0.6) is 11.5 Å². The van der Waals surface area contributed by atoms with Crippen molar-refractivity contribution in [3.8, 4) is 11.5 Å². The van der Waals surface area contributed by atoms with Gasteiger partial charge in [0.1, 0.15) is 0 Å². The first kappa shape index (κ1) is 15.2. The highest BCUT2D eigenvalue weighted by Crippen LogP contribution is 2.28. The Hall–Kier alpha value is -1.22. The van der Waals surface area contributed by atoms with Crippen molar-refractivity contribution in [1.82, 2.24) is 5.32 Å². The lowest BCUT2D eigenvalue weighted by Gasteiger charge is -2.29. The van der Waals surface area contributed by atoms with Crippen molar-refractivity contribution in [3.05, 3.63) is 23.8 Å². The Kier molecular flexibility index (Phi) is 5.72. The summed E-state index contributed by atoms with van der Waals surface area (Å²) in [7, 11) is 3.35. The van der Waals surface area contributed by atoms with Gasteiger partial charge in [0.25, 0.3) is 0 Å². The Bertz CT molecular complexity index is 419. The predicted molar refractivity (Wildman–Crippen MR) is 82.7 cm³/mol. The topological polar surface area (TPSA) is 30.5 Å². The van der Waals surface area contributed by atoms with Gasteiger partial charge in [0.15, 0.2) is 11.5 Å². The van der Waals surface area contributed by atoms with Crippen LogP contribution in [-0.2, 0) is 6.42 Å². The molecule has 0 unspecified atom stereocenters. The first-order valence-electron chi connectivity index (χ1n) is 7.69. The molecule has 0 radical (unpaired) electrons. The third-order valence-electron chi connectivity index (χ3n) is 4.38. The van der Waals surface area contributed by atoms with Gasteiger partial charge in [-0.05, 0) is 49.4 Å². The number of benzene rings is 1. The first-order chi connectivity index (χ1) is 9.74. The molecule has 2 rings (SSSR count). The van der Waals surface area contributed by atoms with Crippen molar-refractivity contribution in [2.75, 3.05) is 20.8 Å². The summed E-state index contributed by atoms with van der Waals surface area (Å²) in [6.07, 6.45) is 6.50. The maximum atomic E-state index is 5.34. The van der Waals surface area contributed by atoms with Crippen LogP contribution in [0.1, 0.15) is 38.2 Å². The second kappa shape index (κ2) is 7.53. The lowest BCUT2D eigenvalue weighted by molar-refractivity contribution is 0.282. The van der Waals surface area contributed by atoms with E-state index in [9.17, 15) is 0 Å². The fourth-order valence-corrected chi connectivity index (χ4v) is 3.06. The second-order valence-corrected chi connectivity index (χ2v) is 5.76. The maximum Gasteiger partial charge on any atom is 0.160 e. The van der Waals surface area contributed by atoms with Gasteiger partial charge >= 0.3 is 0 Å². The monoisotopic (exact) mass is 277 g/mol. The van der Waals surface area contributed by atoms with Crippen LogP contribution in [0.25, 0.3) is 0 Å². The van der Waals surface area contributed by atoms with E-state index in [1.54, 1.807) is 14.2 Å². The molecule has 0 bridgehead atoms. The molecule has 0 aliphatic heterocycles. The third kappa shape index (κ3) is 3.89. The first-order valence-corrected chi connectivity index (χ1v) is 7.69. The Morgan fingerprint density at radius 1 is 1.10 bits per heavy atom. The van der Waals surface area contributed by atoms with Crippen molar-refractivity contribution >= 4 is 0 Å². The molecule has 1 fully saturated rings. The van der Waals surface area contributed by atoms with Gasteiger partial charge < -0.3 is 14.8 Å². The normalized spacial score (nSPS) is 22.6. The summed E-state index contributed by atoms with van der Waals surface area (Å²) in [6, 6.07) is 6.87. The van der Waals surface area contributed by atoms with Crippen LogP contribution in [0.4, 0.5) is 0 Å². The molecule has 112 valence electrons. The average molecular weight is 277 g/mol. The van der Waals surface area contributed by atoms with E-state index in [-0.39, 0.29) is 0 Å². The molecule has 3 nitrogen and oxygen atoms in total. The van der Waals surface area contributed by atoms with Gasteiger partial charge in [0.2, 0.25) is 0 Å². The van der Waals surface area contributed by atoms with Crippen molar-refractivity contribution in [3.63, 3.8) is 0 Å². The molecule has 0 spiro atoms. The van der Waals surface area contributed by atoms with Gasteiger partial charge in [-0.2, -0.15) is 0 Å². The summed E-state index contributed by atoms with van der Waals surface area (Å²) in [5, 5.41) is 3.71. The smallest absolute Gasteiger partial charge is 0.160 e. The van der Waals surface area contributed by atoms with Crippen LogP contribution in [-0.4, -0.2) is 26.8 Å². The molecule has 1 aromatic rings.